The molecule has 1 atom stereocenters. The van der Waals surface area contributed by atoms with E-state index >= 15 is 0 Å². The molecule has 1 rings (SSSR count). The number of carbonyl (C=O) groups is 1. The van der Waals surface area contributed by atoms with E-state index in [1.165, 1.54) is 0 Å². The first-order chi connectivity index (χ1) is 7.61. The van der Waals surface area contributed by atoms with Gasteiger partial charge in [0.1, 0.15) is 5.78 Å². The Morgan fingerprint density at radius 3 is 2.75 bits per heavy atom. The lowest BCUT2D eigenvalue weighted by Gasteiger charge is -2.15. The van der Waals surface area contributed by atoms with Gasteiger partial charge in [-0.1, -0.05) is 13.8 Å². The van der Waals surface area contributed by atoms with E-state index in [-0.39, 0.29) is 5.78 Å². The van der Waals surface area contributed by atoms with Crippen LogP contribution in [0, 0.1) is 11.8 Å². The molecular formula is C13H21NO2. The lowest BCUT2D eigenvalue weighted by molar-refractivity contribution is -0.119. The van der Waals surface area contributed by atoms with Gasteiger partial charge >= 0.3 is 0 Å². The summed E-state index contributed by atoms with van der Waals surface area (Å²) in [5, 5.41) is 0. The molecule has 1 aromatic heterocycles. The minimum absolute atomic E-state index is 0.248. The molecule has 1 heterocycles. The standard InChI is InChI=1S/C13H21NO2/c1-10(2)5-12(8-14)7-13(15)6-11-3-4-16-9-11/h3-4,9-10,12H,5-8,14H2,1-2H3. The summed E-state index contributed by atoms with van der Waals surface area (Å²) in [6.07, 6.45) is 5.29. The van der Waals surface area contributed by atoms with Crippen LogP contribution < -0.4 is 5.73 Å². The SMILES string of the molecule is CC(C)CC(CN)CC(=O)Cc1ccoc1. The molecule has 0 saturated carbocycles. The number of hydrogen-bond donors (Lipinski definition) is 1. The van der Waals surface area contributed by atoms with Crippen LogP contribution in [0.5, 0.6) is 0 Å². The fourth-order valence-corrected chi connectivity index (χ4v) is 1.94. The van der Waals surface area contributed by atoms with Gasteiger partial charge in [0.25, 0.3) is 0 Å². The highest BCUT2D eigenvalue weighted by molar-refractivity contribution is 5.80. The third kappa shape index (κ3) is 4.62. The highest BCUT2D eigenvalue weighted by Crippen LogP contribution is 2.16. The molecule has 0 amide bonds. The van der Waals surface area contributed by atoms with E-state index in [0.717, 1.165) is 12.0 Å². The van der Waals surface area contributed by atoms with E-state index < -0.39 is 0 Å². The summed E-state index contributed by atoms with van der Waals surface area (Å²) in [5.41, 5.74) is 6.62. The Morgan fingerprint density at radius 1 is 1.50 bits per heavy atom. The Bertz CT molecular complexity index is 304. The molecule has 16 heavy (non-hydrogen) atoms. The second kappa shape index (κ2) is 6.48. The Morgan fingerprint density at radius 2 is 2.25 bits per heavy atom. The number of ketones is 1. The Balaban J connectivity index is 2.37. The lowest BCUT2D eigenvalue weighted by atomic mass is 9.91. The molecule has 0 aliphatic rings. The van der Waals surface area contributed by atoms with Crippen molar-refractivity contribution < 1.29 is 9.21 Å². The van der Waals surface area contributed by atoms with Crippen LogP contribution >= 0.6 is 0 Å². The van der Waals surface area contributed by atoms with Gasteiger partial charge in [-0.15, -0.1) is 0 Å². The van der Waals surface area contributed by atoms with Crippen molar-refractivity contribution in [1.82, 2.24) is 0 Å². The van der Waals surface area contributed by atoms with Crippen molar-refractivity contribution in [1.29, 1.82) is 0 Å². The van der Waals surface area contributed by atoms with Crippen molar-refractivity contribution in [2.75, 3.05) is 6.54 Å². The number of hydrogen-bond acceptors (Lipinski definition) is 3. The van der Waals surface area contributed by atoms with Crippen LogP contribution in [-0.4, -0.2) is 12.3 Å². The summed E-state index contributed by atoms with van der Waals surface area (Å²) in [6.45, 7) is 4.90. The molecular weight excluding hydrogens is 202 g/mol. The van der Waals surface area contributed by atoms with Crippen LogP contribution in [0.4, 0.5) is 0 Å². The largest absolute Gasteiger partial charge is 0.472 e. The van der Waals surface area contributed by atoms with Crippen LogP contribution in [0.3, 0.4) is 0 Å². The summed E-state index contributed by atoms with van der Waals surface area (Å²) in [6, 6.07) is 1.83. The number of Topliss-reactive ketones (excluding diaryl/α,β-unsaturated/α-hetero) is 1. The maximum Gasteiger partial charge on any atom is 0.137 e. The summed E-state index contributed by atoms with van der Waals surface area (Å²) in [7, 11) is 0. The summed E-state index contributed by atoms with van der Waals surface area (Å²) in [4.78, 5) is 11.8. The predicted molar refractivity (Wildman–Crippen MR) is 64.0 cm³/mol. The van der Waals surface area contributed by atoms with E-state index in [4.69, 9.17) is 10.2 Å². The van der Waals surface area contributed by atoms with E-state index in [2.05, 4.69) is 13.8 Å². The van der Waals surface area contributed by atoms with Crippen LogP contribution in [0.2, 0.25) is 0 Å². The molecule has 90 valence electrons. The van der Waals surface area contributed by atoms with Crippen LogP contribution in [0.25, 0.3) is 0 Å². The molecule has 0 fully saturated rings. The van der Waals surface area contributed by atoms with Gasteiger partial charge in [0.2, 0.25) is 0 Å². The minimum atomic E-state index is 0.248. The summed E-state index contributed by atoms with van der Waals surface area (Å²) < 4.78 is 4.93. The quantitative estimate of drug-likeness (QED) is 0.772. The Hall–Kier alpha value is -1.09. The predicted octanol–water partition coefficient (Wildman–Crippen LogP) is 2.40. The molecule has 1 aromatic rings. The maximum absolute atomic E-state index is 11.8. The molecule has 0 aliphatic heterocycles. The number of carbonyl (C=O) groups excluding carboxylic acids is 1. The first-order valence-corrected chi connectivity index (χ1v) is 5.84. The van der Waals surface area contributed by atoms with Crippen molar-refractivity contribution in [2.24, 2.45) is 17.6 Å². The van der Waals surface area contributed by atoms with Crippen molar-refractivity contribution in [2.45, 2.75) is 33.1 Å². The van der Waals surface area contributed by atoms with E-state index in [9.17, 15) is 4.79 Å². The van der Waals surface area contributed by atoms with E-state index in [1.807, 2.05) is 6.07 Å². The second-order valence-corrected chi connectivity index (χ2v) is 4.78. The van der Waals surface area contributed by atoms with Crippen molar-refractivity contribution in [3.05, 3.63) is 24.2 Å². The molecule has 0 saturated heterocycles. The molecule has 3 nitrogen and oxygen atoms in total. The fraction of sp³-hybridized carbons (Fsp3) is 0.615. The maximum atomic E-state index is 11.8. The molecule has 3 heteroatoms. The highest BCUT2D eigenvalue weighted by Gasteiger charge is 2.14. The topological polar surface area (TPSA) is 56.2 Å². The zero-order valence-corrected chi connectivity index (χ0v) is 10.1. The Kier molecular flexibility index (Phi) is 5.26. The van der Waals surface area contributed by atoms with Crippen molar-refractivity contribution >= 4 is 5.78 Å². The monoisotopic (exact) mass is 223 g/mol. The van der Waals surface area contributed by atoms with E-state index in [0.29, 0.717) is 31.2 Å². The summed E-state index contributed by atoms with van der Waals surface area (Å²) in [5.74, 6) is 1.16. The molecule has 0 spiro atoms. The van der Waals surface area contributed by atoms with Gasteiger partial charge in [0.15, 0.2) is 0 Å². The zero-order valence-electron chi connectivity index (χ0n) is 10.1. The number of furan rings is 1. The average molecular weight is 223 g/mol. The van der Waals surface area contributed by atoms with Gasteiger partial charge in [-0.3, -0.25) is 4.79 Å². The summed E-state index contributed by atoms with van der Waals surface area (Å²) >= 11 is 0. The first-order valence-electron chi connectivity index (χ1n) is 5.84. The van der Waals surface area contributed by atoms with Crippen molar-refractivity contribution in [3.63, 3.8) is 0 Å². The minimum Gasteiger partial charge on any atom is -0.472 e. The number of nitrogens with two attached hydrogens (primary N) is 1. The normalized spacial score (nSPS) is 13.0. The van der Waals surface area contributed by atoms with Gasteiger partial charge in [-0.2, -0.15) is 0 Å². The fourth-order valence-electron chi connectivity index (χ4n) is 1.94. The molecule has 0 bridgehead atoms. The Labute approximate surface area is 97.0 Å². The van der Waals surface area contributed by atoms with Crippen LogP contribution in [-0.2, 0) is 11.2 Å². The third-order valence-corrected chi connectivity index (χ3v) is 2.64. The molecule has 0 aliphatic carbocycles. The molecule has 2 N–H and O–H groups in total. The average Bonchev–Trinajstić information content (AvgIpc) is 2.68. The van der Waals surface area contributed by atoms with Gasteiger partial charge in [0.05, 0.1) is 12.5 Å². The second-order valence-electron chi connectivity index (χ2n) is 4.78. The third-order valence-electron chi connectivity index (χ3n) is 2.64. The molecule has 0 aromatic carbocycles. The van der Waals surface area contributed by atoms with Crippen LogP contribution in [0.15, 0.2) is 23.0 Å². The zero-order chi connectivity index (χ0) is 12.0. The van der Waals surface area contributed by atoms with Gasteiger partial charge < -0.3 is 10.2 Å². The molecule has 1 unspecified atom stereocenters. The van der Waals surface area contributed by atoms with Crippen molar-refractivity contribution in [3.8, 4) is 0 Å². The van der Waals surface area contributed by atoms with Gasteiger partial charge in [-0.25, -0.2) is 0 Å². The van der Waals surface area contributed by atoms with Crippen LogP contribution in [0.1, 0.15) is 32.3 Å². The first kappa shape index (κ1) is 13.0. The van der Waals surface area contributed by atoms with E-state index in [1.54, 1.807) is 12.5 Å². The number of rotatable bonds is 7. The van der Waals surface area contributed by atoms with Gasteiger partial charge in [0, 0.05) is 12.8 Å². The highest BCUT2D eigenvalue weighted by atomic mass is 16.3. The van der Waals surface area contributed by atoms with Gasteiger partial charge in [-0.05, 0) is 36.4 Å². The smallest absolute Gasteiger partial charge is 0.137 e. The molecule has 0 radical (unpaired) electrons. The lowest BCUT2D eigenvalue weighted by Crippen LogP contribution is -2.20.